The van der Waals surface area contributed by atoms with Gasteiger partial charge in [0, 0.05) is 19.6 Å². The lowest BCUT2D eigenvalue weighted by atomic mass is 10.1. The molecular weight excluding hydrogens is 326 g/mol. The number of nitrogens with two attached hydrogens (primary N) is 1. The lowest BCUT2D eigenvalue weighted by Crippen LogP contribution is -2.44. The molecular formula is C14H22ClN3O3S. The summed E-state index contributed by atoms with van der Waals surface area (Å²) in [5.41, 5.74) is 6.85. The molecule has 2 rings (SSSR count). The van der Waals surface area contributed by atoms with Crippen molar-refractivity contribution in [2.75, 3.05) is 25.4 Å². The zero-order chi connectivity index (χ0) is 15.3. The lowest BCUT2D eigenvalue weighted by molar-refractivity contribution is -0.122. The first-order valence-corrected chi connectivity index (χ1v) is 8.65. The average molecular weight is 348 g/mol. The molecule has 0 aromatic heterocycles. The molecule has 1 atom stereocenters. The van der Waals surface area contributed by atoms with Gasteiger partial charge in [-0.25, -0.2) is 12.7 Å². The van der Waals surface area contributed by atoms with Crippen LogP contribution in [-0.4, -0.2) is 50.1 Å². The van der Waals surface area contributed by atoms with Crippen molar-refractivity contribution in [3.05, 3.63) is 35.9 Å². The van der Waals surface area contributed by atoms with E-state index in [-0.39, 0.29) is 24.1 Å². The molecule has 0 spiro atoms. The van der Waals surface area contributed by atoms with Gasteiger partial charge in [-0.05, 0) is 18.4 Å². The molecule has 1 aromatic carbocycles. The number of nitrogens with one attached hydrogen (secondary N) is 1. The van der Waals surface area contributed by atoms with Gasteiger partial charge in [0.1, 0.15) is 0 Å². The Balaban J connectivity index is 0.00000242. The maximum absolute atomic E-state index is 11.9. The first-order chi connectivity index (χ1) is 9.99. The number of carbonyl (C=O) groups is 1. The minimum absolute atomic E-state index is 0. The Bertz CT molecular complexity index is 580. The Morgan fingerprint density at radius 1 is 1.32 bits per heavy atom. The van der Waals surface area contributed by atoms with Crippen LogP contribution in [-0.2, 0) is 21.2 Å². The van der Waals surface area contributed by atoms with Gasteiger partial charge >= 0.3 is 0 Å². The normalized spacial score (nSPS) is 18.4. The Kier molecular flexibility index (Phi) is 7.28. The van der Waals surface area contributed by atoms with E-state index in [4.69, 9.17) is 5.73 Å². The summed E-state index contributed by atoms with van der Waals surface area (Å²) in [5.74, 6) is -0.0514. The third-order valence-corrected chi connectivity index (χ3v) is 5.46. The highest BCUT2D eigenvalue weighted by atomic mass is 35.5. The second kappa shape index (κ2) is 8.47. The quantitative estimate of drug-likeness (QED) is 0.765. The molecule has 1 aliphatic rings. The number of hydrogen-bond acceptors (Lipinski definition) is 4. The van der Waals surface area contributed by atoms with Crippen molar-refractivity contribution < 1.29 is 13.2 Å². The van der Waals surface area contributed by atoms with Crippen molar-refractivity contribution in [1.29, 1.82) is 0 Å². The summed E-state index contributed by atoms with van der Waals surface area (Å²) in [5, 5.41) is 2.70. The molecule has 0 radical (unpaired) electrons. The summed E-state index contributed by atoms with van der Waals surface area (Å²) in [6.07, 6.45) is 1.12. The van der Waals surface area contributed by atoms with Crippen molar-refractivity contribution in [1.82, 2.24) is 9.62 Å². The molecule has 1 aromatic rings. The summed E-state index contributed by atoms with van der Waals surface area (Å²) in [4.78, 5) is 11.9. The van der Waals surface area contributed by atoms with Crippen LogP contribution in [0.15, 0.2) is 30.3 Å². The van der Waals surface area contributed by atoms with E-state index >= 15 is 0 Å². The first-order valence-electron chi connectivity index (χ1n) is 7.04. The van der Waals surface area contributed by atoms with Crippen LogP contribution < -0.4 is 11.1 Å². The molecule has 1 saturated heterocycles. The SMILES string of the molecule is Cl.N[C@@H](Cc1ccccc1)C(=O)NCCN1CCCS1(=O)=O. The Morgan fingerprint density at radius 2 is 2.00 bits per heavy atom. The summed E-state index contributed by atoms with van der Waals surface area (Å²) in [6.45, 7) is 1.14. The third kappa shape index (κ3) is 5.24. The van der Waals surface area contributed by atoms with Gasteiger partial charge in [0.25, 0.3) is 0 Å². The Hall–Kier alpha value is -1.15. The monoisotopic (exact) mass is 347 g/mol. The molecule has 6 nitrogen and oxygen atoms in total. The highest BCUT2D eigenvalue weighted by molar-refractivity contribution is 7.89. The molecule has 3 N–H and O–H groups in total. The van der Waals surface area contributed by atoms with Crippen LogP contribution in [0, 0.1) is 0 Å². The van der Waals surface area contributed by atoms with E-state index in [1.165, 1.54) is 4.31 Å². The second-order valence-corrected chi connectivity index (χ2v) is 7.24. The molecule has 1 amide bonds. The zero-order valence-electron chi connectivity index (χ0n) is 12.3. The fourth-order valence-corrected chi connectivity index (χ4v) is 3.87. The number of nitrogens with zero attached hydrogens (tertiary/aromatic N) is 1. The van der Waals surface area contributed by atoms with Crippen LogP contribution in [0.5, 0.6) is 0 Å². The van der Waals surface area contributed by atoms with Gasteiger partial charge in [-0.15, -0.1) is 12.4 Å². The molecule has 1 heterocycles. The molecule has 0 bridgehead atoms. The Labute approximate surface area is 137 Å². The molecule has 0 unspecified atom stereocenters. The summed E-state index contributed by atoms with van der Waals surface area (Å²) in [6, 6.07) is 8.93. The maximum atomic E-state index is 11.9. The predicted molar refractivity (Wildman–Crippen MR) is 88.4 cm³/mol. The van der Waals surface area contributed by atoms with Crippen LogP contribution in [0.3, 0.4) is 0 Å². The van der Waals surface area contributed by atoms with Crippen molar-refractivity contribution >= 4 is 28.3 Å². The van der Waals surface area contributed by atoms with Crippen LogP contribution in [0.1, 0.15) is 12.0 Å². The van der Waals surface area contributed by atoms with E-state index in [1.54, 1.807) is 0 Å². The maximum Gasteiger partial charge on any atom is 0.237 e. The molecule has 1 fully saturated rings. The fourth-order valence-electron chi connectivity index (χ4n) is 2.34. The van der Waals surface area contributed by atoms with Crippen LogP contribution in [0.4, 0.5) is 0 Å². The zero-order valence-corrected chi connectivity index (χ0v) is 13.9. The number of rotatable bonds is 6. The van der Waals surface area contributed by atoms with Crippen LogP contribution in [0.25, 0.3) is 0 Å². The van der Waals surface area contributed by atoms with Gasteiger partial charge in [0.2, 0.25) is 15.9 Å². The van der Waals surface area contributed by atoms with E-state index in [2.05, 4.69) is 5.32 Å². The second-order valence-electron chi connectivity index (χ2n) is 5.16. The first kappa shape index (κ1) is 18.9. The highest BCUT2D eigenvalue weighted by Crippen LogP contribution is 2.11. The minimum atomic E-state index is -3.10. The van der Waals surface area contributed by atoms with Crippen LogP contribution in [0.2, 0.25) is 0 Å². The number of hydrogen-bond donors (Lipinski definition) is 2. The van der Waals surface area contributed by atoms with E-state index < -0.39 is 16.1 Å². The van der Waals surface area contributed by atoms with Crippen LogP contribution >= 0.6 is 12.4 Å². The van der Waals surface area contributed by atoms with Crippen molar-refractivity contribution in [3.63, 3.8) is 0 Å². The lowest BCUT2D eigenvalue weighted by Gasteiger charge is -2.16. The van der Waals surface area contributed by atoms with Crippen molar-refractivity contribution in [2.24, 2.45) is 5.73 Å². The molecule has 8 heteroatoms. The van der Waals surface area contributed by atoms with Crippen molar-refractivity contribution in [2.45, 2.75) is 18.9 Å². The van der Waals surface area contributed by atoms with E-state index in [9.17, 15) is 13.2 Å². The topological polar surface area (TPSA) is 92.5 Å². The smallest absolute Gasteiger partial charge is 0.237 e. The Morgan fingerprint density at radius 3 is 2.59 bits per heavy atom. The van der Waals surface area contributed by atoms with Gasteiger partial charge < -0.3 is 11.1 Å². The van der Waals surface area contributed by atoms with E-state index in [0.717, 1.165) is 5.56 Å². The number of sulfonamides is 1. The highest BCUT2D eigenvalue weighted by Gasteiger charge is 2.27. The number of carbonyl (C=O) groups excluding carboxylic acids is 1. The average Bonchev–Trinajstić information content (AvgIpc) is 2.79. The molecule has 0 aliphatic carbocycles. The van der Waals surface area contributed by atoms with Gasteiger partial charge in [-0.3, -0.25) is 4.79 Å². The number of benzene rings is 1. The summed E-state index contributed by atoms with van der Waals surface area (Å²) >= 11 is 0. The predicted octanol–water partition coefficient (Wildman–Crippen LogP) is 0.130. The van der Waals surface area contributed by atoms with Gasteiger partial charge in [0.05, 0.1) is 11.8 Å². The van der Waals surface area contributed by atoms with E-state index in [1.807, 2.05) is 30.3 Å². The summed E-state index contributed by atoms with van der Waals surface area (Å²) in [7, 11) is -3.10. The molecule has 0 saturated carbocycles. The number of amides is 1. The fraction of sp³-hybridized carbons (Fsp3) is 0.500. The number of halogens is 1. The summed E-state index contributed by atoms with van der Waals surface area (Å²) < 4.78 is 24.6. The van der Waals surface area contributed by atoms with Crippen molar-refractivity contribution in [3.8, 4) is 0 Å². The van der Waals surface area contributed by atoms with Gasteiger partial charge in [-0.1, -0.05) is 30.3 Å². The molecule has 124 valence electrons. The standard InChI is InChI=1S/C14H21N3O3S.ClH/c15-13(11-12-5-2-1-3-6-12)14(18)16-7-9-17-8-4-10-21(17,19)20;/h1-3,5-6,13H,4,7-11,15H2,(H,16,18);1H/t13-;/m0./s1. The molecule has 1 aliphatic heterocycles. The molecule has 22 heavy (non-hydrogen) atoms. The minimum Gasteiger partial charge on any atom is -0.353 e. The van der Waals surface area contributed by atoms with E-state index in [0.29, 0.717) is 32.5 Å². The van der Waals surface area contributed by atoms with Gasteiger partial charge in [0.15, 0.2) is 0 Å². The largest absolute Gasteiger partial charge is 0.353 e. The third-order valence-electron chi connectivity index (χ3n) is 3.50. The van der Waals surface area contributed by atoms with Gasteiger partial charge in [-0.2, -0.15) is 0 Å².